The Hall–Kier alpha value is -0.900. The highest BCUT2D eigenvalue weighted by atomic mass is 16.1. The third-order valence-electron chi connectivity index (χ3n) is 2.08. The summed E-state index contributed by atoms with van der Waals surface area (Å²) in [5.41, 5.74) is 5.63. The first-order valence-corrected chi connectivity index (χ1v) is 5.10. The van der Waals surface area contributed by atoms with E-state index in [0.29, 0.717) is 19.4 Å². The van der Waals surface area contributed by atoms with Crippen molar-refractivity contribution < 1.29 is 9.59 Å². The molecule has 0 spiro atoms. The Balaban J connectivity index is 3.36. The first-order valence-electron chi connectivity index (χ1n) is 5.10. The Bertz CT molecular complexity index is 193. The number of hydrogen-bond donors (Lipinski definition) is 2. The molecule has 1 unspecified atom stereocenters. The fourth-order valence-electron chi connectivity index (χ4n) is 1.18. The number of ketones is 1. The van der Waals surface area contributed by atoms with Crippen LogP contribution in [0.2, 0.25) is 0 Å². The van der Waals surface area contributed by atoms with Crippen LogP contribution < -0.4 is 11.1 Å². The molecule has 0 saturated carbocycles. The maximum absolute atomic E-state index is 11.1. The van der Waals surface area contributed by atoms with E-state index >= 15 is 0 Å². The van der Waals surface area contributed by atoms with Gasteiger partial charge in [-0.1, -0.05) is 6.92 Å². The lowest BCUT2D eigenvalue weighted by Gasteiger charge is -2.08. The number of hydrogen-bond acceptors (Lipinski definition) is 3. The van der Waals surface area contributed by atoms with Crippen LogP contribution in [0.25, 0.3) is 0 Å². The third-order valence-corrected chi connectivity index (χ3v) is 2.08. The van der Waals surface area contributed by atoms with Crippen LogP contribution in [-0.4, -0.2) is 24.3 Å². The number of Topliss-reactive ketones (excluding diaryl/α,β-unsaturated/α-hetero) is 1. The molecule has 0 saturated heterocycles. The van der Waals surface area contributed by atoms with Crippen molar-refractivity contribution >= 4 is 11.7 Å². The van der Waals surface area contributed by atoms with Crippen LogP contribution in [0, 0.1) is 0 Å². The smallest absolute Gasteiger partial charge is 0.216 e. The molecule has 1 amide bonds. The third kappa shape index (κ3) is 6.60. The van der Waals surface area contributed by atoms with Gasteiger partial charge < -0.3 is 11.1 Å². The van der Waals surface area contributed by atoms with Gasteiger partial charge in [-0.2, -0.15) is 0 Å². The first-order chi connectivity index (χ1) is 6.57. The largest absolute Gasteiger partial charge is 0.356 e. The summed E-state index contributed by atoms with van der Waals surface area (Å²) in [4.78, 5) is 21.6. The minimum atomic E-state index is -0.322. The topological polar surface area (TPSA) is 72.2 Å². The zero-order valence-electron chi connectivity index (χ0n) is 9.01. The molecule has 0 radical (unpaired) electrons. The predicted octanol–water partition coefficient (Wildman–Crippen LogP) is 0.599. The predicted molar refractivity (Wildman–Crippen MR) is 55.8 cm³/mol. The van der Waals surface area contributed by atoms with Crippen LogP contribution in [0.1, 0.15) is 39.5 Å². The molecule has 4 nitrogen and oxygen atoms in total. The zero-order valence-corrected chi connectivity index (χ0v) is 9.01. The van der Waals surface area contributed by atoms with Crippen molar-refractivity contribution in [2.75, 3.05) is 6.54 Å². The second-order valence-electron chi connectivity index (χ2n) is 3.41. The molecular weight excluding hydrogens is 180 g/mol. The van der Waals surface area contributed by atoms with E-state index in [0.717, 1.165) is 12.8 Å². The van der Waals surface area contributed by atoms with Crippen LogP contribution in [0.15, 0.2) is 0 Å². The van der Waals surface area contributed by atoms with Gasteiger partial charge in [-0.15, -0.1) is 0 Å². The number of carbonyl (C=O) groups excluding carboxylic acids is 2. The highest BCUT2D eigenvalue weighted by Crippen LogP contribution is 2.00. The van der Waals surface area contributed by atoms with Crippen molar-refractivity contribution in [3.05, 3.63) is 0 Å². The Kier molecular flexibility index (Phi) is 7.02. The van der Waals surface area contributed by atoms with Crippen molar-refractivity contribution in [1.29, 1.82) is 0 Å². The molecule has 0 aromatic rings. The lowest BCUT2D eigenvalue weighted by Crippen LogP contribution is -2.30. The van der Waals surface area contributed by atoms with Crippen molar-refractivity contribution in [3.63, 3.8) is 0 Å². The van der Waals surface area contributed by atoms with E-state index in [-0.39, 0.29) is 17.7 Å². The van der Waals surface area contributed by atoms with Gasteiger partial charge in [0.25, 0.3) is 0 Å². The summed E-state index contributed by atoms with van der Waals surface area (Å²) < 4.78 is 0. The summed E-state index contributed by atoms with van der Waals surface area (Å²) in [6, 6.07) is -0.322. The van der Waals surface area contributed by atoms with Gasteiger partial charge in [-0.05, 0) is 19.3 Å². The molecule has 0 aliphatic heterocycles. The van der Waals surface area contributed by atoms with Crippen molar-refractivity contribution in [1.82, 2.24) is 5.32 Å². The highest BCUT2D eigenvalue weighted by Gasteiger charge is 2.09. The average Bonchev–Trinajstić information content (AvgIpc) is 2.15. The van der Waals surface area contributed by atoms with Crippen molar-refractivity contribution in [2.45, 2.75) is 45.6 Å². The summed E-state index contributed by atoms with van der Waals surface area (Å²) in [5, 5.41) is 2.70. The fourth-order valence-corrected chi connectivity index (χ4v) is 1.18. The van der Waals surface area contributed by atoms with Crippen LogP contribution in [-0.2, 0) is 9.59 Å². The number of unbranched alkanes of at least 4 members (excludes halogenated alkanes) is 1. The van der Waals surface area contributed by atoms with E-state index in [1.54, 1.807) is 0 Å². The molecule has 14 heavy (non-hydrogen) atoms. The molecule has 0 aromatic carbocycles. The highest BCUT2D eigenvalue weighted by molar-refractivity contribution is 5.83. The van der Waals surface area contributed by atoms with Crippen molar-refractivity contribution in [3.8, 4) is 0 Å². The Morgan fingerprint density at radius 2 is 2.00 bits per heavy atom. The molecule has 82 valence electrons. The molecule has 0 aliphatic carbocycles. The van der Waals surface area contributed by atoms with Gasteiger partial charge in [0.2, 0.25) is 5.91 Å². The number of amides is 1. The first kappa shape index (κ1) is 13.1. The van der Waals surface area contributed by atoms with Gasteiger partial charge in [0, 0.05) is 19.9 Å². The second-order valence-corrected chi connectivity index (χ2v) is 3.41. The maximum atomic E-state index is 11.1. The molecular formula is C10H20N2O2. The SMILES string of the molecule is CCC(=O)C(N)CCCCNC(C)=O. The van der Waals surface area contributed by atoms with Gasteiger partial charge in [0.05, 0.1) is 6.04 Å². The van der Waals surface area contributed by atoms with Gasteiger partial charge >= 0.3 is 0 Å². The number of carbonyl (C=O) groups is 2. The molecule has 3 N–H and O–H groups in total. The Morgan fingerprint density at radius 3 is 2.50 bits per heavy atom. The lowest BCUT2D eigenvalue weighted by molar-refractivity contribution is -0.120. The van der Waals surface area contributed by atoms with E-state index < -0.39 is 0 Å². The van der Waals surface area contributed by atoms with E-state index in [2.05, 4.69) is 5.32 Å². The standard InChI is InChI=1S/C10H20N2O2/c1-3-10(14)9(11)6-4-5-7-12-8(2)13/h9H,3-7,11H2,1-2H3,(H,12,13). The molecule has 0 bridgehead atoms. The summed E-state index contributed by atoms with van der Waals surface area (Å²) >= 11 is 0. The van der Waals surface area contributed by atoms with Crippen LogP contribution >= 0.6 is 0 Å². The summed E-state index contributed by atoms with van der Waals surface area (Å²) in [7, 11) is 0. The number of nitrogens with one attached hydrogen (secondary N) is 1. The minimum absolute atomic E-state index is 0.0149. The summed E-state index contributed by atoms with van der Waals surface area (Å²) in [6.45, 7) is 3.98. The number of nitrogens with two attached hydrogens (primary N) is 1. The quantitative estimate of drug-likeness (QED) is 0.591. The average molecular weight is 200 g/mol. The fraction of sp³-hybridized carbons (Fsp3) is 0.800. The van der Waals surface area contributed by atoms with Gasteiger partial charge in [0.15, 0.2) is 0 Å². The Morgan fingerprint density at radius 1 is 1.36 bits per heavy atom. The molecule has 0 fully saturated rings. The monoisotopic (exact) mass is 200 g/mol. The van der Waals surface area contributed by atoms with Gasteiger partial charge in [-0.3, -0.25) is 9.59 Å². The molecule has 1 atom stereocenters. The molecule has 4 heteroatoms. The number of rotatable bonds is 7. The molecule has 0 aromatic heterocycles. The Labute approximate surface area is 85.2 Å². The van der Waals surface area contributed by atoms with E-state index in [4.69, 9.17) is 5.73 Å². The minimum Gasteiger partial charge on any atom is -0.356 e. The van der Waals surface area contributed by atoms with E-state index in [1.165, 1.54) is 6.92 Å². The van der Waals surface area contributed by atoms with E-state index in [1.807, 2.05) is 6.92 Å². The normalized spacial score (nSPS) is 12.2. The van der Waals surface area contributed by atoms with Crippen LogP contribution in [0.3, 0.4) is 0 Å². The maximum Gasteiger partial charge on any atom is 0.216 e. The van der Waals surface area contributed by atoms with Gasteiger partial charge in [0.1, 0.15) is 5.78 Å². The van der Waals surface area contributed by atoms with E-state index in [9.17, 15) is 9.59 Å². The zero-order chi connectivity index (χ0) is 11.0. The molecule has 0 heterocycles. The summed E-state index contributed by atoms with van der Waals surface area (Å²) in [6.07, 6.45) is 2.98. The molecule has 0 rings (SSSR count). The second kappa shape index (κ2) is 7.50. The summed E-state index contributed by atoms with van der Waals surface area (Å²) in [5.74, 6) is 0.100. The van der Waals surface area contributed by atoms with Crippen LogP contribution in [0.4, 0.5) is 0 Å². The lowest BCUT2D eigenvalue weighted by atomic mass is 10.0. The van der Waals surface area contributed by atoms with Crippen LogP contribution in [0.5, 0.6) is 0 Å². The van der Waals surface area contributed by atoms with Gasteiger partial charge in [-0.25, -0.2) is 0 Å². The van der Waals surface area contributed by atoms with Crippen molar-refractivity contribution in [2.24, 2.45) is 5.73 Å². The molecule has 0 aliphatic rings.